The largest absolute Gasteiger partial charge is 0.378 e. The van der Waals surface area contributed by atoms with Crippen molar-refractivity contribution in [1.82, 2.24) is 34.0 Å². The molecule has 2 aliphatic heterocycles. The summed E-state index contributed by atoms with van der Waals surface area (Å²) in [5.41, 5.74) is 10.2. The maximum atomic E-state index is 5.77. The van der Waals surface area contributed by atoms with Crippen LogP contribution in [0.4, 0.5) is 11.8 Å². The average Bonchev–Trinajstić information content (AvgIpc) is 3.50. The maximum absolute atomic E-state index is 5.77. The summed E-state index contributed by atoms with van der Waals surface area (Å²) in [6.45, 7) is 10.9. The van der Waals surface area contributed by atoms with Crippen LogP contribution in [0.5, 0.6) is 0 Å². The molecule has 180 valence electrons. The zero-order chi connectivity index (χ0) is 23.8. The van der Waals surface area contributed by atoms with E-state index >= 15 is 0 Å². The van der Waals surface area contributed by atoms with Gasteiger partial charge in [0.15, 0.2) is 11.5 Å². The van der Waals surface area contributed by atoms with Crippen LogP contribution in [0.3, 0.4) is 0 Å². The third-order valence-electron chi connectivity index (χ3n) is 6.55. The number of nitrogens with two attached hydrogens (primary N) is 1. The molecule has 10 nitrogen and oxygen atoms in total. The molecule has 10 heteroatoms. The maximum Gasteiger partial charge on any atom is 0.240 e. The molecule has 0 radical (unpaired) electrons. The second kappa shape index (κ2) is 9.19. The van der Waals surface area contributed by atoms with Gasteiger partial charge in [0.1, 0.15) is 16.9 Å². The summed E-state index contributed by atoms with van der Waals surface area (Å²) in [5, 5.41) is 7.32. The number of nitrogens with one attached hydrogen (secondary N) is 1. The number of hydrogen-bond donors (Lipinski definition) is 2. The number of imidazole rings is 1. The van der Waals surface area contributed by atoms with Crippen molar-refractivity contribution in [3.63, 3.8) is 0 Å². The van der Waals surface area contributed by atoms with Crippen LogP contribution < -0.4 is 11.1 Å². The van der Waals surface area contributed by atoms with Crippen LogP contribution in [-0.2, 0) is 4.74 Å². The van der Waals surface area contributed by atoms with Crippen molar-refractivity contribution in [2.75, 3.05) is 44.4 Å². The Morgan fingerprint density at radius 3 is 2.50 bits per heavy atom. The van der Waals surface area contributed by atoms with Gasteiger partial charge in [0.25, 0.3) is 0 Å². The Bertz CT molecular complexity index is 1300. The number of pyridine rings is 1. The van der Waals surface area contributed by atoms with Crippen molar-refractivity contribution in [3.8, 4) is 11.3 Å². The predicted octanol–water partition coefficient (Wildman–Crippen LogP) is 3.14. The van der Waals surface area contributed by atoms with Gasteiger partial charge in [0, 0.05) is 24.8 Å². The normalized spacial score (nSPS) is 16.7. The molecule has 0 saturated carbocycles. The van der Waals surface area contributed by atoms with Crippen molar-refractivity contribution >= 4 is 28.4 Å². The molecule has 2 saturated heterocycles. The third kappa shape index (κ3) is 4.07. The Labute approximate surface area is 199 Å². The summed E-state index contributed by atoms with van der Waals surface area (Å²) < 4.78 is 8.97. The molecule has 3 N–H and O–H groups in total. The van der Waals surface area contributed by atoms with Crippen molar-refractivity contribution in [2.45, 2.75) is 45.7 Å². The molecular formula is C24H33N9O. The summed E-state index contributed by atoms with van der Waals surface area (Å²) >= 11 is 0. The molecule has 4 aromatic rings. The lowest BCUT2D eigenvalue weighted by atomic mass is 10.2. The van der Waals surface area contributed by atoms with E-state index in [0.717, 1.165) is 53.0 Å². The highest BCUT2D eigenvalue weighted by atomic mass is 16.5. The van der Waals surface area contributed by atoms with Crippen LogP contribution in [0.15, 0.2) is 24.4 Å². The van der Waals surface area contributed by atoms with E-state index in [-0.39, 0.29) is 12.0 Å². The predicted molar refractivity (Wildman–Crippen MR) is 134 cm³/mol. The number of likely N-dealkylation sites (tertiary alicyclic amines) is 1. The number of rotatable bonds is 4. The van der Waals surface area contributed by atoms with Gasteiger partial charge >= 0.3 is 0 Å². The first-order valence-electron chi connectivity index (χ1n) is 12.0. The fourth-order valence-corrected chi connectivity index (χ4v) is 4.82. The molecule has 0 bridgehead atoms. The smallest absolute Gasteiger partial charge is 0.240 e. The van der Waals surface area contributed by atoms with Crippen molar-refractivity contribution < 1.29 is 4.74 Å². The minimum Gasteiger partial charge on any atom is -0.378 e. The van der Waals surface area contributed by atoms with Crippen molar-refractivity contribution in [3.05, 3.63) is 30.2 Å². The Kier molecular flexibility index (Phi) is 6.09. The lowest BCUT2D eigenvalue weighted by Crippen LogP contribution is -2.47. The topological polar surface area (TPSA) is 111 Å². The number of nitrogens with zero attached hydrogens (tertiary/aromatic N) is 7. The van der Waals surface area contributed by atoms with Crippen LogP contribution in [0.25, 0.3) is 27.9 Å². The number of fused-ring (bicyclic) bond motifs is 2. The van der Waals surface area contributed by atoms with Gasteiger partial charge in [-0.1, -0.05) is 0 Å². The van der Waals surface area contributed by atoms with E-state index in [1.165, 1.54) is 25.9 Å². The van der Waals surface area contributed by atoms with E-state index in [9.17, 15) is 0 Å². The molecule has 6 heterocycles. The second-order valence-electron chi connectivity index (χ2n) is 9.19. The van der Waals surface area contributed by atoms with Gasteiger partial charge in [-0.15, -0.1) is 5.10 Å². The molecule has 0 aliphatic carbocycles. The number of nitrogen functional groups attached to an aromatic ring is 1. The summed E-state index contributed by atoms with van der Waals surface area (Å²) in [4.78, 5) is 16.3. The molecule has 0 aromatic carbocycles. The van der Waals surface area contributed by atoms with Crippen LogP contribution in [0.1, 0.15) is 38.6 Å². The molecule has 2 fully saturated rings. The lowest BCUT2D eigenvalue weighted by Gasteiger charge is -2.34. The Balaban J connectivity index is 0.000000222. The molecule has 2 aliphatic rings. The van der Waals surface area contributed by atoms with E-state index in [4.69, 9.17) is 15.5 Å². The molecule has 0 unspecified atom stereocenters. The van der Waals surface area contributed by atoms with Gasteiger partial charge in [0.05, 0.1) is 24.9 Å². The first kappa shape index (κ1) is 22.5. The van der Waals surface area contributed by atoms with E-state index < -0.39 is 0 Å². The SMILES string of the molecule is C1CCN(C2COC2)C1.CNc1nc(N)nn2ccc(-c3ccc4nc(C)n(C(C)C)c4n3)c12. The number of ether oxygens (including phenoxy) is 1. The Morgan fingerprint density at radius 1 is 1.09 bits per heavy atom. The van der Waals surface area contributed by atoms with Gasteiger partial charge in [-0.05, 0) is 64.9 Å². The quantitative estimate of drug-likeness (QED) is 0.475. The lowest BCUT2D eigenvalue weighted by molar-refractivity contribution is -0.0569. The van der Waals surface area contributed by atoms with Gasteiger partial charge < -0.3 is 20.4 Å². The van der Waals surface area contributed by atoms with Gasteiger partial charge in [-0.25, -0.2) is 14.5 Å². The summed E-state index contributed by atoms with van der Waals surface area (Å²) in [7, 11) is 1.81. The highest BCUT2D eigenvalue weighted by molar-refractivity contribution is 5.89. The van der Waals surface area contributed by atoms with Crippen molar-refractivity contribution in [1.29, 1.82) is 0 Å². The second-order valence-corrected chi connectivity index (χ2v) is 9.19. The van der Waals surface area contributed by atoms with E-state index in [1.807, 2.05) is 38.4 Å². The van der Waals surface area contributed by atoms with E-state index in [1.54, 1.807) is 4.52 Å². The van der Waals surface area contributed by atoms with Gasteiger partial charge in [0.2, 0.25) is 5.95 Å². The van der Waals surface area contributed by atoms with E-state index in [2.05, 4.69) is 43.7 Å². The molecule has 0 atom stereocenters. The molecular weight excluding hydrogens is 430 g/mol. The molecule has 34 heavy (non-hydrogen) atoms. The number of aromatic nitrogens is 6. The third-order valence-corrected chi connectivity index (χ3v) is 6.55. The zero-order valence-electron chi connectivity index (χ0n) is 20.3. The Hall–Kier alpha value is -3.24. The highest BCUT2D eigenvalue weighted by Gasteiger charge is 2.27. The van der Waals surface area contributed by atoms with Crippen LogP contribution >= 0.6 is 0 Å². The minimum absolute atomic E-state index is 0.218. The Morgan fingerprint density at radius 2 is 1.85 bits per heavy atom. The summed E-state index contributed by atoms with van der Waals surface area (Å²) in [6.07, 6.45) is 4.66. The van der Waals surface area contributed by atoms with E-state index in [0.29, 0.717) is 5.82 Å². The van der Waals surface area contributed by atoms with Gasteiger partial charge in [-0.2, -0.15) is 4.98 Å². The first-order chi connectivity index (χ1) is 16.5. The zero-order valence-corrected chi connectivity index (χ0v) is 20.3. The number of hydrogen-bond acceptors (Lipinski definition) is 8. The first-order valence-corrected chi connectivity index (χ1v) is 12.0. The molecule has 0 amide bonds. The average molecular weight is 464 g/mol. The molecule has 0 spiro atoms. The number of aryl methyl sites for hydroxylation is 1. The molecule has 4 aromatic heterocycles. The van der Waals surface area contributed by atoms with Gasteiger partial charge in [-0.3, -0.25) is 4.90 Å². The fraction of sp³-hybridized carbons (Fsp3) is 0.500. The molecule has 6 rings (SSSR count). The highest BCUT2D eigenvalue weighted by Crippen LogP contribution is 2.30. The van der Waals surface area contributed by atoms with Crippen molar-refractivity contribution in [2.24, 2.45) is 0 Å². The minimum atomic E-state index is 0.218. The summed E-state index contributed by atoms with van der Waals surface area (Å²) in [5.74, 6) is 1.85. The van der Waals surface area contributed by atoms with Crippen LogP contribution in [0, 0.1) is 6.92 Å². The fourth-order valence-electron chi connectivity index (χ4n) is 4.82. The van der Waals surface area contributed by atoms with Crippen LogP contribution in [-0.4, -0.2) is 73.4 Å². The number of anilines is 2. The van der Waals surface area contributed by atoms with Crippen LogP contribution in [0.2, 0.25) is 0 Å². The summed E-state index contributed by atoms with van der Waals surface area (Å²) in [6, 6.07) is 7.03. The standard InChI is InChI=1S/C17H20N8.C7H13NO/c1-9(2)25-10(3)20-13-6-5-12(21-16(13)25)11-7-8-24-14(11)15(19-4)22-17(18)23-24;1-2-4-8(3-1)7-5-9-6-7/h5-9H,1-4H3,(H3,18,19,22,23);7H,1-6H2. The monoisotopic (exact) mass is 463 g/mol.